The summed E-state index contributed by atoms with van der Waals surface area (Å²) in [5.41, 5.74) is 3.46. The van der Waals surface area contributed by atoms with Crippen LogP contribution in [0.4, 0.5) is 5.95 Å². The van der Waals surface area contributed by atoms with Crippen molar-refractivity contribution in [2.45, 2.75) is 13.5 Å². The summed E-state index contributed by atoms with van der Waals surface area (Å²) in [4.78, 5) is 6.64. The van der Waals surface area contributed by atoms with Crippen molar-refractivity contribution in [2.75, 3.05) is 19.0 Å². The van der Waals surface area contributed by atoms with Crippen LogP contribution in [-0.2, 0) is 6.54 Å². The molecular formula is C13H17N3. The second-order valence-corrected chi connectivity index (χ2v) is 4.20. The van der Waals surface area contributed by atoms with Gasteiger partial charge in [-0.15, -0.1) is 6.58 Å². The van der Waals surface area contributed by atoms with Gasteiger partial charge in [-0.3, -0.25) is 0 Å². The smallest absolute Gasteiger partial charge is 0.206 e. The summed E-state index contributed by atoms with van der Waals surface area (Å²) in [5, 5.41) is 0. The quantitative estimate of drug-likeness (QED) is 0.734. The second kappa shape index (κ2) is 4.00. The first kappa shape index (κ1) is 10.7. The minimum Gasteiger partial charge on any atom is -0.348 e. The highest BCUT2D eigenvalue weighted by Crippen LogP contribution is 2.22. The molecule has 0 bridgehead atoms. The van der Waals surface area contributed by atoms with Crippen LogP contribution in [0, 0.1) is 6.92 Å². The van der Waals surface area contributed by atoms with E-state index < -0.39 is 0 Å². The fraction of sp³-hybridized carbons (Fsp3) is 0.308. The lowest BCUT2D eigenvalue weighted by Gasteiger charge is -2.13. The van der Waals surface area contributed by atoms with Crippen LogP contribution in [-0.4, -0.2) is 23.6 Å². The highest BCUT2D eigenvalue weighted by atomic mass is 15.3. The van der Waals surface area contributed by atoms with Gasteiger partial charge in [-0.25, -0.2) is 4.98 Å². The molecule has 0 fully saturated rings. The maximum absolute atomic E-state index is 4.61. The van der Waals surface area contributed by atoms with Crippen LogP contribution >= 0.6 is 0 Å². The molecule has 0 amide bonds. The Hall–Kier alpha value is -1.77. The van der Waals surface area contributed by atoms with Crippen LogP contribution in [0.3, 0.4) is 0 Å². The lowest BCUT2D eigenvalue weighted by atomic mass is 10.2. The van der Waals surface area contributed by atoms with Gasteiger partial charge in [-0.05, 0) is 24.6 Å². The third kappa shape index (κ3) is 1.69. The highest BCUT2D eigenvalue weighted by Gasteiger charge is 2.10. The van der Waals surface area contributed by atoms with Crippen LogP contribution in [0.2, 0.25) is 0 Å². The molecule has 1 heterocycles. The summed E-state index contributed by atoms with van der Waals surface area (Å²) in [6, 6.07) is 6.32. The van der Waals surface area contributed by atoms with Crippen LogP contribution < -0.4 is 4.90 Å². The van der Waals surface area contributed by atoms with Crippen LogP contribution in [0.5, 0.6) is 0 Å². The van der Waals surface area contributed by atoms with Gasteiger partial charge in [0.1, 0.15) is 0 Å². The summed E-state index contributed by atoms with van der Waals surface area (Å²) in [6.07, 6.45) is 1.90. The molecule has 0 saturated carbocycles. The zero-order chi connectivity index (χ0) is 11.7. The van der Waals surface area contributed by atoms with Gasteiger partial charge >= 0.3 is 0 Å². The van der Waals surface area contributed by atoms with E-state index in [9.17, 15) is 0 Å². The average molecular weight is 215 g/mol. The van der Waals surface area contributed by atoms with Crippen molar-refractivity contribution in [3.05, 3.63) is 36.4 Å². The van der Waals surface area contributed by atoms with E-state index in [1.807, 2.05) is 25.1 Å². The molecule has 0 aliphatic carbocycles. The molecule has 3 nitrogen and oxygen atoms in total. The number of imidazole rings is 1. The van der Waals surface area contributed by atoms with Crippen molar-refractivity contribution in [3.8, 4) is 0 Å². The highest BCUT2D eigenvalue weighted by molar-refractivity contribution is 5.79. The Morgan fingerprint density at radius 3 is 2.81 bits per heavy atom. The van der Waals surface area contributed by atoms with Crippen molar-refractivity contribution in [2.24, 2.45) is 0 Å². The number of aryl methyl sites for hydroxylation is 1. The number of aromatic nitrogens is 2. The van der Waals surface area contributed by atoms with Gasteiger partial charge in [-0.1, -0.05) is 12.1 Å². The van der Waals surface area contributed by atoms with Crippen molar-refractivity contribution < 1.29 is 0 Å². The predicted molar refractivity (Wildman–Crippen MR) is 69.0 cm³/mol. The summed E-state index contributed by atoms with van der Waals surface area (Å²) in [7, 11) is 4.02. The Labute approximate surface area is 96.0 Å². The minimum atomic E-state index is 0.785. The largest absolute Gasteiger partial charge is 0.348 e. The molecular weight excluding hydrogens is 198 g/mol. The molecule has 16 heavy (non-hydrogen) atoms. The molecule has 0 saturated heterocycles. The summed E-state index contributed by atoms with van der Waals surface area (Å²) in [6.45, 7) is 6.68. The average Bonchev–Trinajstić information content (AvgIpc) is 2.58. The fourth-order valence-electron chi connectivity index (χ4n) is 1.87. The van der Waals surface area contributed by atoms with Crippen molar-refractivity contribution in [1.82, 2.24) is 9.55 Å². The zero-order valence-electron chi connectivity index (χ0n) is 10.1. The molecule has 0 atom stereocenters. The Morgan fingerprint density at radius 1 is 1.44 bits per heavy atom. The van der Waals surface area contributed by atoms with Gasteiger partial charge in [-0.2, -0.15) is 0 Å². The standard InChI is InChI=1S/C13H17N3/c1-5-8-16-12-9-10(2)6-7-11(12)14-13(16)15(3)4/h5-7,9H,1,8H2,2-4H3. The monoisotopic (exact) mass is 215 g/mol. The Balaban J connectivity index is 2.71. The third-order valence-corrected chi connectivity index (χ3v) is 2.60. The molecule has 2 aromatic rings. The maximum atomic E-state index is 4.61. The summed E-state index contributed by atoms with van der Waals surface area (Å²) in [5.74, 6) is 0.973. The molecule has 0 spiro atoms. The van der Waals surface area contributed by atoms with E-state index in [4.69, 9.17) is 0 Å². The first-order valence-corrected chi connectivity index (χ1v) is 5.38. The van der Waals surface area contributed by atoms with E-state index in [2.05, 4.69) is 41.3 Å². The number of fused-ring (bicyclic) bond motifs is 1. The Kier molecular flexibility index (Phi) is 2.69. The Morgan fingerprint density at radius 2 is 2.19 bits per heavy atom. The molecule has 0 aliphatic heterocycles. The fourth-order valence-corrected chi connectivity index (χ4v) is 1.87. The molecule has 0 radical (unpaired) electrons. The summed E-state index contributed by atoms with van der Waals surface area (Å²) >= 11 is 0. The van der Waals surface area contributed by atoms with E-state index in [1.54, 1.807) is 0 Å². The second-order valence-electron chi connectivity index (χ2n) is 4.20. The lowest BCUT2D eigenvalue weighted by Crippen LogP contribution is -2.15. The molecule has 0 aliphatic rings. The van der Waals surface area contributed by atoms with Crippen molar-refractivity contribution in [1.29, 1.82) is 0 Å². The first-order valence-electron chi connectivity index (χ1n) is 5.38. The van der Waals surface area contributed by atoms with Gasteiger partial charge in [0.2, 0.25) is 5.95 Å². The molecule has 1 aromatic heterocycles. The SMILES string of the molecule is C=CCn1c(N(C)C)nc2ccc(C)cc21. The predicted octanol–water partition coefficient (Wildman–Crippen LogP) is 2.60. The van der Waals surface area contributed by atoms with Gasteiger partial charge in [0.05, 0.1) is 11.0 Å². The van der Waals surface area contributed by atoms with Crippen LogP contribution in [0.15, 0.2) is 30.9 Å². The van der Waals surface area contributed by atoms with Crippen LogP contribution in [0.25, 0.3) is 11.0 Å². The van der Waals surface area contributed by atoms with Crippen molar-refractivity contribution in [3.63, 3.8) is 0 Å². The number of benzene rings is 1. The molecule has 3 heteroatoms. The molecule has 2 rings (SSSR count). The van der Waals surface area contributed by atoms with Crippen LogP contribution in [0.1, 0.15) is 5.56 Å². The number of hydrogen-bond acceptors (Lipinski definition) is 2. The number of allylic oxidation sites excluding steroid dienone is 1. The number of anilines is 1. The molecule has 1 aromatic carbocycles. The van der Waals surface area contributed by atoms with E-state index >= 15 is 0 Å². The number of rotatable bonds is 3. The van der Waals surface area contributed by atoms with Gasteiger partial charge in [0.25, 0.3) is 0 Å². The zero-order valence-corrected chi connectivity index (χ0v) is 10.1. The summed E-state index contributed by atoms with van der Waals surface area (Å²) < 4.78 is 2.18. The van der Waals surface area contributed by atoms with E-state index in [-0.39, 0.29) is 0 Å². The topological polar surface area (TPSA) is 21.1 Å². The normalized spacial score (nSPS) is 10.7. The molecule has 84 valence electrons. The first-order chi connectivity index (χ1) is 7.63. The Bertz CT molecular complexity index is 523. The third-order valence-electron chi connectivity index (χ3n) is 2.60. The number of hydrogen-bond donors (Lipinski definition) is 0. The van der Waals surface area contributed by atoms with E-state index in [0.29, 0.717) is 0 Å². The van der Waals surface area contributed by atoms with Crippen molar-refractivity contribution >= 4 is 17.0 Å². The van der Waals surface area contributed by atoms with E-state index in [1.165, 1.54) is 11.1 Å². The molecule has 0 unspecified atom stereocenters. The molecule has 0 N–H and O–H groups in total. The number of nitrogens with zero attached hydrogens (tertiary/aromatic N) is 3. The van der Waals surface area contributed by atoms with Gasteiger partial charge in [0, 0.05) is 20.6 Å². The van der Waals surface area contributed by atoms with Gasteiger partial charge in [0.15, 0.2) is 0 Å². The minimum absolute atomic E-state index is 0.785. The van der Waals surface area contributed by atoms with Gasteiger partial charge < -0.3 is 9.47 Å². The van der Waals surface area contributed by atoms with E-state index in [0.717, 1.165) is 18.0 Å². The maximum Gasteiger partial charge on any atom is 0.206 e. The lowest BCUT2D eigenvalue weighted by molar-refractivity contribution is 0.821.